The zero-order valence-electron chi connectivity index (χ0n) is 14.6. The third-order valence-corrected chi connectivity index (χ3v) is 6.71. The quantitative estimate of drug-likeness (QED) is 0.582. The van der Waals surface area contributed by atoms with E-state index >= 15 is 0 Å². The minimum absolute atomic E-state index is 0.0897. The first-order valence-corrected chi connectivity index (χ1v) is 11.0. The highest BCUT2D eigenvalue weighted by atomic mass is 32.2. The summed E-state index contributed by atoms with van der Waals surface area (Å²) in [5.74, 6) is 0.745. The number of hydrogen-bond donors (Lipinski definition) is 1. The van der Waals surface area contributed by atoms with Gasteiger partial charge in [-0.05, 0) is 49.7 Å². The van der Waals surface area contributed by atoms with E-state index in [1.54, 1.807) is 40.9 Å². The summed E-state index contributed by atoms with van der Waals surface area (Å²) in [6.07, 6.45) is 1.40. The van der Waals surface area contributed by atoms with Crippen LogP contribution in [0, 0.1) is 6.92 Å². The summed E-state index contributed by atoms with van der Waals surface area (Å²) < 4.78 is 27.4. The molecule has 2 aromatic carbocycles. The fourth-order valence-corrected chi connectivity index (χ4v) is 4.72. The lowest BCUT2D eigenvalue weighted by molar-refractivity contribution is -0.117. The molecular formula is C19H22N2O3S2. The van der Waals surface area contributed by atoms with Crippen molar-refractivity contribution in [2.45, 2.75) is 29.6 Å². The van der Waals surface area contributed by atoms with Gasteiger partial charge in [-0.2, -0.15) is 0 Å². The molecule has 0 bridgehead atoms. The van der Waals surface area contributed by atoms with Crippen LogP contribution in [0.3, 0.4) is 0 Å². The van der Waals surface area contributed by atoms with Crippen molar-refractivity contribution in [1.29, 1.82) is 0 Å². The lowest BCUT2D eigenvalue weighted by Gasteiger charge is -2.16. The molecule has 1 N–H and O–H groups in total. The van der Waals surface area contributed by atoms with Crippen LogP contribution in [0.15, 0.2) is 58.3 Å². The summed E-state index contributed by atoms with van der Waals surface area (Å²) >= 11 is 1.61. The van der Waals surface area contributed by atoms with Crippen LogP contribution < -0.4 is 9.62 Å². The molecule has 5 nitrogen and oxygen atoms in total. The lowest BCUT2D eigenvalue weighted by Crippen LogP contribution is -2.26. The van der Waals surface area contributed by atoms with E-state index in [4.69, 9.17) is 0 Å². The van der Waals surface area contributed by atoms with Crippen LogP contribution in [0.4, 0.5) is 5.69 Å². The van der Waals surface area contributed by atoms with Gasteiger partial charge in [-0.25, -0.2) is 13.1 Å². The van der Waals surface area contributed by atoms with E-state index in [9.17, 15) is 13.2 Å². The molecule has 0 spiro atoms. The number of benzene rings is 2. The predicted octanol–water partition coefficient (Wildman–Crippen LogP) is 3.19. The number of carbonyl (C=O) groups excluding carboxylic acids is 1. The summed E-state index contributed by atoms with van der Waals surface area (Å²) in [4.78, 5) is 14.8. The smallest absolute Gasteiger partial charge is 0.240 e. The summed E-state index contributed by atoms with van der Waals surface area (Å²) in [5, 5.41) is 0. The van der Waals surface area contributed by atoms with E-state index in [2.05, 4.69) is 4.72 Å². The largest absolute Gasteiger partial charge is 0.312 e. The van der Waals surface area contributed by atoms with Crippen LogP contribution in [-0.4, -0.2) is 33.2 Å². The number of sulfonamides is 1. The standard InChI is InChI=1S/C19H22N2O3S2/c1-15-4-8-17(9-5-15)25-14-12-20-26(23,24)18-10-6-16(7-11-18)21-13-2-3-19(21)22/h4-11,20H,2-3,12-14H2,1H3. The highest BCUT2D eigenvalue weighted by molar-refractivity contribution is 7.99. The van der Waals surface area contributed by atoms with E-state index in [0.29, 0.717) is 25.3 Å². The van der Waals surface area contributed by atoms with Crippen LogP contribution in [0.25, 0.3) is 0 Å². The minimum atomic E-state index is -3.54. The van der Waals surface area contributed by atoms with Crippen LogP contribution in [-0.2, 0) is 14.8 Å². The van der Waals surface area contributed by atoms with Gasteiger partial charge in [0.15, 0.2) is 0 Å². The van der Waals surface area contributed by atoms with Crippen LogP contribution in [0.2, 0.25) is 0 Å². The zero-order chi connectivity index (χ0) is 18.6. The molecule has 0 aromatic heterocycles. The number of aryl methyl sites for hydroxylation is 1. The Balaban J connectivity index is 1.54. The second-order valence-corrected chi connectivity index (χ2v) is 9.14. The molecule has 1 saturated heterocycles. The molecular weight excluding hydrogens is 368 g/mol. The average Bonchev–Trinajstić information content (AvgIpc) is 3.06. The molecule has 2 aromatic rings. The van der Waals surface area contributed by atoms with Crippen molar-refractivity contribution in [3.8, 4) is 0 Å². The van der Waals surface area contributed by atoms with Crippen LogP contribution >= 0.6 is 11.8 Å². The number of carbonyl (C=O) groups is 1. The van der Waals surface area contributed by atoms with Crippen molar-refractivity contribution >= 4 is 33.4 Å². The fourth-order valence-electron chi connectivity index (χ4n) is 2.79. The van der Waals surface area contributed by atoms with Crippen LogP contribution in [0.1, 0.15) is 18.4 Å². The van der Waals surface area contributed by atoms with E-state index in [-0.39, 0.29) is 10.8 Å². The topological polar surface area (TPSA) is 66.5 Å². The van der Waals surface area contributed by atoms with Gasteiger partial charge in [0.2, 0.25) is 15.9 Å². The highest BCUT2D eigenvalue weighted by Gasteiger charge is 2.22. The first-order valence-electron chi connectivity index (χ1n) is 8.55. The molecule has 1 amide bonds. The van der Waals surface area contributed by atoms with Gasteiger partial charge in [0.1, 0.15) is 0 Å². The molecule has 7 heteroatoms. The zero-order valence-corrected chi connectivity index (χ0v) is 16.3. The predicted molar refractivity (Wildman–Crippen MR) is 105 cm³/mol. The third kappa shape index (κ3) is 4.66. The molecule has 0 unspecified atom stereocenters. The molecule has 3 rings (SSSR count). The molecule has 0 atom stereocenters. The maximum atomic E-state index is 12.4. The number of rotatable bonds is 7. The molecule has 1 aliphatic rings. The minimum Gasteiger partial charge on any atom is -0.312 e. The lowest BCUT2D eigenvalue weighted by atomic mass is 10.2. The second kappa shape index (κ2) is 8.24. The van der Waals surface area contributed by atoms with E-state index in [1.165, 1.54) is 5.56 Å². The Kier molecular flexibility index (Phi) is 6.01. The van der Waals surface area contributed by atoms with Crippen molar-refractivity contribution in [3.63, 3.8) is 0 Å². The summed E-state index contributed by atoms with van der Waals surface area (Å²) in [6, 6.07) is 14.6. The van der Waals surface area contributed by atoms with Crippen molar-refractivity contribution in [3.05, 3.63) is 54.1 Å². The third-order valence-electron chi connectivity index (χ3n) is 4.22. The number of thioether (sulfide) groups is 1. The van der Waals surface area contributed by atoms with Gasteiger partial charge in [-0.3, -0.25) is 4.79 Å². The molecule has 1 fully saturated rings. The Morgan fingerprint density at radius 2 is 1.77 bits per heavy atom. The summed E-state index contributed by atoms with van der Waals surface area (Å²) in [6.45, 7) is 3.08. The number of nitrogens with zero attached hydrogens (tertiary/aromatic N) is 1. The summed E-state index contributed by atoms with van der Waals surface area (Å²) in [5.41, 5.74) is 1.95. The SMILES string of the molecule is Cc1ccc(SCCNS(=O)(=O)c2ccc(N3CCCC3=O)cc2)cc1. The number of nitrogens with one attached hydrogen (secondary N) is 1. The Bertz CT molecular complexity index is 863. The second-order valence-electron chi connectivity index (χ2n) is 6.20. The van der Waals surface area contributed by atoms with Crippen LogP contribution in [0.5, 0.6) is 0 Å². The molecule has 0 aliphatic carbocycles. The van der Waals surface area contributed by atoms with Gasteiger partial charge in [-0.1, -0.05) is 17.7 Å². The first kappa shape index (κ1) is 18.9. The monoisotopic (exact) mass is 390 g/mol. The van der Waals surface area contributed by atoms with Gasteiger partial charge < -0.3 is 4.90 Å². The van der Waals surface area contributed by atoms with Gasteiger partial charge >= 0.3 is 0 Å². The maximum Gasteiger partial charge on any atom is 0.240 e. The van der Waals surface area contributed by atoms with Gasteiger partial charge in [0.25, 0.3) is 0 Å². The Hall–Kier alpha value is -1.83. The van der Waals surface area contributed by atoms with Crippen molar-refractivity contribution in [2.75, 3.05) is 23.7 Å². The van der Waals surface area contributed by atoms with Gasteiger partial charge in [-0.15, -0.1) is 11.8 Å². The summed E-state index contributed by atoms with van der Waals surface area (Å²) in [7, 11) is -3.54. The van der Waals surface area contributed by atoms with Crippen molar-refractivity contribution in [2.24, 2.45) is 0 Å². The number of anilines is 1. The number of hydrogen-bond acceptors (Lipinski definition) is 4. The highest BCUT2D eigenvalue weighted by Crippen LogP contribution is 2.23. The van der Waals surface area contributed by atoms with E-state index in [0.717, 1.165) is 17.0 Å². The molecule has 0 saturated carbocycles. The molecule has 0 radical (unpaired) electrons. The maximum absolute atomic E-state index is 12.4. The molecule has 138 valence electrons. The Morgan fingerprint density at radius 1 is 1.08 bits per heavy atom. The first-order chi connectivity index (χ1) is 12.5. The van der Waals surface area contributed by atoms with Crippen molar-refractivity contribution in [1.82, 2.24) is 4.72 Å². The van der Waals surface area contributed by atoms with E-state index in [1.807, 2.05) is 31.2 Å². The molecule has 26 heavy (non-hydrogen) atoms. The molecule has 1 heterocycles. The van der Waals surface area contributed by atoms with Crippen molar-refractivity contribution < 1.29 is 13.2 Å². The Morgan fingerprint density at radius 3 is 2.38 bits per heavy atom. The number of amides is 1. The van der Waals surface area contributed by atoms with E-state index < -0.39 is 10.0 Å². The molecule has 1 aliphatic heterocycles. The Labute approximate surface area is 158 Å². The normalized spacial score (nSPS) is 14.8. The van der Waals surface area contributed by atoms with Gasteiger partial charge in [0.05, 0.1) is 4.90 Å². The fraction of sp³-hybridized carbons (Fsp3) is 0.316. The average molecular weight is 391 g/mol. The van der Waals surface area contributed by atoms with Gasteiger partial charge in [0, 0.05) is 35.8 Å².